The lowest BCUT2D eigenvalue weighted by molar-refractivity contribution is -0.00302. The van der Waals surface area contributed by atoms with Crippen molar-refractivity contribution < 1.29 is 14.3 Å². The minimum Gasteiger partial charge on any atom is -0.451 e. The van der Waals surface area contributed by atoms with Crippen LogP contribution in [0.25, 0.3) is 0 Å². The van der Waals surface area contributed by atoms with E-state index in [9.17, 15) is 4.79 Å². The van der Waals surface area contributed by atoms with Gasteiger partial charge in [-0.1, -0.05) is 48.0 Å². The van der Waals surface area contributed by atoms with Gasteiger partial charge in [-0.25, -0.2) is 4.79 Å². The molecule has 0 aliphatic carbocycles. The Morgan fingerprint density at radius 2 is 1.90 bits per heavy atom. The highest BCUT2D eigenvalue weighted by Crippen LogP contribution is 2.20. The molecular weight excluding hydrogens is 288 g/mol. The number of hydrogen-bond donors (Lipinski definition) is 0. The van der Waals surface area contributed by atoms with Crippen LogP contribution >= 0.6 is 11.6 Å². The standard InChI is InChI=1S/C17H17ClO3/c1-2-20-12-16(13-7-4-3-5-8-13)21-17(19)14-9-6-10-15(18)11-14/h3-11,16H,2,12H2,1H3. The van der Waals surface area contributed by atoms with Gasteiger partial charge in [0.1, 0.15) is 0 Å². The zero-order valence-corrected chi connectivity index (χ0v) is 12.5. The average Bonchev–Trinajstić information content (AvgIpc) is 2.52. The largest absolute Gasteiger partial charge is 0.451 e. The molecule has 0 spiro atoms. The number of hydrogen-bond acceptors (Lipinski definition) is 3. The van der Waals surface area contributed by atoms with E-state index in [4.69, 9.17) is 21.1 Å². The first-order valence-electron chi connectivity index (χ1n) is 6.80. The number of carbonyl (C=O) groups is 1. The summed E-state index contributed by atoms with van der Waals surface area (Å²) in [6.45, 7) is 2.80. The highest BCUT2D eigenvalue weighted by molar-refractivity contribution is 6.30. The van der Waals surface area contributed by atoms with Crippen LogP contribution < -0.4 is 0 Å². The van der Waals surface area contributed by atoms with Crippen LogP contribution in [0.15, 0.2) is 54.6 Å². The van der Waals surface area contributed by atoms with E-state index in [1.54, 1.807) is 24.3 Å². The Balaban J connectivity index is 2.13. The van der Waals surface area contributed by atoms with Crippen LogP contribution in [-0.2, 0) is 9.47 Å². The van der Waals surface area contributed by atoms with Crippen molar-refractivity contribution in [1.82, 2.24) is 0 Å². The van der Waals surface area contributed by atoms with Crippen LogP contribution in [0, 0.1) is 0 Å². The van der Waals surface area contributed by atoms with Crippen molar-refractivity contribution in [3.63, 3.8) is 0 Å². The Bertz CT molecular complexity index is 584. The predicted octanol–water partition coefficient (Wildman–Crippen LogP) is 4.27. The fraction of sp³-hybridized carbons (Fsp3) is 0.235. The van der Waals surface area contributed by atoms with Crippen molar-refractivity contribution in [3.05, 3.63) is 70.7 Å². The number of rotatable bonds is 6. The highest BCUT2D eigenvalue weighted by Gasteiger charge is 2.18. The van der Waals surface area contributed by atoms with E-state index < -0.39 is 12.1 Å². The second-order valence-electron chi connectivity index (χ2n) is 4.47. The summed E-state index contributed by atoms with van der Waals surface area (Å²) in [6.07, 6.45) is -0.433. The SMILES string of the molecule is CCOCC(OC(=O)c1cccc(Cl)c1)c1ccccc1. The second-order valence-corrected chi connectivity index (χ2v) is 4.91. The zero-order valence-electron chi connectivity index (χ0n) is 11.8. The van der Waals surface area contributed by atoms with Gasteiger partial charge < -0.3 is 9.47 Å². The van der Waals surface area contributed by atoms with Crippen LogP contribution in [0.4, 0.5) is 0 Å². The van der Waals surface area contributed by atoms with Gasteiger partial charge in [0.25, 0.3) is 0 Å². The Morgan fingerprint density at radius 1 is 1.14 bits per heavy atom. The minimum absolute atomic E-state index is 0.326. The van der Waals surface area contributed by atoms with Gasteiger partial charge in [0.2, 0.25) is 0 Å². The van der Waals surface area contributed by atoms with Crippen LogP contribution in [0.2, 0.25) is 5.02 Å². The van der Waals surface area contributed by atoms with Crippen molar-refractivity contribution >= 4 is 17.6 Å². The zero-order chi connectivity index (χ0) is 15.1. The van der Waals surface area contributed by atoms with Crippen LogP contribution in [0.5, 0.6) is 0 Å². The van der Waals surface area contributed by atoms with Gasteiger partial charge in [0, 0.05) is 11.6 Å². The molecule has 2 aromatic carbocycles. The molecule has 0 aliphatic rings. The second kappa shape index (κ2) is 7.81. The first-order valence-corrected chi connectivity index (χ1v) is 7.17. The molecule has 4 heteroatoms. The molecule has 0 radical (unpaired) electrons. The quantitative estimate of drug-likeness (QED) is 0.747. The van der Waals surface area contributed by atoms with Gasteiger partial charge in [-0.2, -0.15) is 0 Å². The Hall–Kier alpha value is -1.84. The van der Waals surface area contributed by atoms with Gasteiger partial charge in [0.15, 0.2) is 6.10 Å². The van der Waals surface area contributed by atoms with Gasteiger partial charge in [-0.3, -0.25) is 0 Å². The summed E-state index contributed by atoms with van der Waals surface area (Å²) in [4.78, 5) is 12.2. The van der Waals surface area contributed by atoms with E-state index in [0.717, 1.165) is 5.56 Å². The van der Waals surface area contributed by atoms with E-state index in [0.29, 0.717) is 23.8 Å². The van der Waals surface area contributed by atoms with Crippen LogP contribution in [0.3, 0.4) is 0 Å². The van der Waals surface area contributed by atoms with E-state index in [2.05, 4.69) is 0 Å². The van der Waals surface area contributed by atoms with E-state index >= 15 is 0 Å². The van der Waals surface area contributed by atoms with E-state index in [1.807, 2.05) is 37.3 Å². The van der Waals surface area contributed by atoms with Crippen LogP contribution in [-0.4, -0.2) is 19.2 Å². The van der Waals surface area contributed by atoms with E-state index in [-0.39, 0.29) is 0 Å². The van der Waals surface area contributed by atoms with Gasteiger partial charge >= 0.3 is 5.97 Å². The fourth-order valence-corrected chi connectivity index (χ4v) is 2.09. The van der Waals surface area contributed by atoms with Gasteiger partial charge in [-0.15, -0.1) is 0 Å². The lowest BCUT2D eigenvalue weighted by Gasteiger charge is -2.18. The van der Waals surface area contributed by atoms with Crippen molar-refractivity contribution in [2.75, 3.05) is 13.2 Å². The molecule has 0 saturated carbocycles. The Morgan fingerprint density at radius 3 is 2.57 bits per heavy atom. The maximum Gasteiger partial charge on any atom is 0.338 e. The first-order chi connectivity index (χ1) is 10.2. The van der Waals surface area contributed by atoms with E-state index in [1.165, 1.54) is 0 Å². The molecule has 0 bridgehead atoms. The monoisotopic (exact) mass is 304 g/mol. The summed E-state index contributed by atoms with van der Waals surface area (Å²) in [7, 11) is 0. The molecule has 0 fully saturated rings. The molecule has 3 nitrogen and oxygen atoms in total. The molecule has 2 rings (SSSR count). The molecule has 0 aliphatic heterocycles. The maximum atomic E-state index is 12.2. The summed E-state index contributed by atoms with van der Waals surface area (Å²) in [5, 5.41) is 0.505. The van der Waals surface area contributed by atoms with Crippen molar-refractivity contribution in [2.45, 2.75) is 13.0 Å². The summed E-state index contributed by atoms with van der Waals surface area (Å²) in [5.41, 5.74) is 1.33. The normalized spacial score (nSPS) is 11.9. The maximum absolute atomic E-state index is 12.2. The molecule has 1 atom stereocenters. The molecule has 0 N–H and O–H groups in total. The van der Waals surface area contributed by atoms with Crippen molar-refractivity contribution in [1.29, 1.82) is 0 Å². The van der Waals surface area contributed by atoms with Crippen LogP contribution in [0.1, 0.15) is 28.9 Å². The summed E-state index contributed by atoms with van der Waals surface area (Å²) in [6, 6.07) is 16.3. The highest BCUT2D eigenvalue weighted by atomic mass is 35.5. The summed E-state index contributed by atoms with van der Waals surface area (Å²) in [5.74, 6) is -0.411. The molecule has 0 saturated heterocycles. The third kappa shape index (κ3) is 4.59. The number of ether oxygens (including phenoxy) is 2. The van der Waals surface area contributed by atoms with Crippen molar-refractivity contribution in [2.24, 2.45) is 0 Å². The van der Waals surface area contributed by atoms with Gasteiger partial charge in [0.05, 0.1) is 12.2 Å². The molecule has 21 heavy (non-hydrogen) atoms. The average molecular weight is 305 g/mol. The molecule has 110 valence electrons. The number of esters is 1. The predicted molar refractivity (Wildman–Crippen MR) is 82.5 cm³/mol. The number of benzene rings is 2. The van der Waals surface area contributed by atoms with Gasteiger partial charge in [-0.05, 0) is 30.7 Å². The number of carbonyl (C=O) groups excluding carboxylic acids is 1. The summed E-state index contributed by atoms with van der Waals surface area (Å²) < 4.78 is 11.0. The topological polar surface area (TPSA) is 35.5 Å². The molecule has 1 unspecified atom stereocenters. The fourth-order valence-electron chi connectivity index (χ4n) is 1.90. The lowest BCUT2D eigenvalue weighted by atomic mass is 10.1. The number of halogens is 1. The van der Waals surface area contributed by atoms with Crippen molar-refractivity contribution in [3.8, 4) is 0 Å². The smallest absolute Gasteiger partial charge is 0.338 e. The molecule has 0 aromatic heterocycles. The molecule has 2 aromatic rings. The molecule has 0 heterocycles. The first kappa shape index (κ1) is 15.5. The minimum atomic E-state index is -0.433. The third-order valence-corrected chi connectivity index (χ3v) is 3.19. The third-order valence-electron chi connectivity index (χ3n) is 2.95. The molecular formula is C17H17ClO3. The molecule has 0 amide bonds. The Kier molecular flexibility index (Phi) is 5.78. The lowest BCUT2D eigenvalue weighted by Crippen LogP contribution is -2.16. The summed E-state index contributed by atoms with van der Waals surface area (Å²) >= 11 is 5.89. The Labute approximate surface area is 129 Å².